The number of fused-ring (bicyclic) bond motifs is 5. The fourth-order valence-electron chi connectivity index (χ4n) is 6.77. The summed E-state index contributed by atoms with van der Waals surface area (Å²) in [6.07, 6.45) is 2.17. The van der Waals surface area contributed by atoms with Crippen molar-refractivity contribution in [1.29, 1.82) is 0 Å². The Bertz CT molecular complexity index is 1850. The second kappa shape index (κ2) is 9.08. The number of hydrogen-bond acceptors (Lipinski definition) is 7. The van der Waals surface area contributed by atoms with Crippen molar-refractivity contribution in [2.24, 2.45) is 11.8 Å². The molecule has 4 aromatic rings. The molecule has 7 rings (SSSR count). The van der Waals surface area contributed by atoms with Crippen LogP contribution in [-0.2, 0) is 31.1 Å². The van der Waals surface area contributed by atoms with Crippen molar-refractivity contribution in [3.05, 3.63) is 94.2 Å². The summed E-state index contributed by atoms with van der Waals surface area (Å²) >= 11 is 0. The van der Waals surface area contributed by atoms with Gasteiger partial charge in [-0.1, -0.05) is 18.2 Å². The van der Waals surface area contributed by atoms with Crippen molar-refractivity contribution in [3.63, 3.8) is 0 Å². The van der Waals surface area contributed by atoms with Gasteiger partial charge in [0, 0.05) is 59.1 Å². The molecule has 0 unspecified atom stereocenters. The number of amides is 4. The smallest absolute Gasteiger partial charge is 0.269 e. The zero-order chi connectivity index (χ0) is 29.3. The summed E-state index contributed by atoms with van der Waals surface area (Å²) in [7, 11) is 0. The number of H-pyrrole nitrogens is 1. The molecule has 3 aliphatic rings. The number of rotatable bonds is 5. The van der Waals surface area contributed by atoms with Crippen LogP contribution >= 0.6 is 0 Å². The number of carbonyl (C=O) groups is 4. The van der Waals surface area contributed by atoms with Crippen LogP contribution in [0.2, 0.25) is 0 Å². The maximum Gasteiger partial charge on any atom is 0.269 e. The average Bonchev–Trinajstić information content (AvgIpc) is 3.67. The van der Waals surface area contributed by atoms with Gasteiger partial charge in [0.25, 0.3) is 5.69 Å². The number of benzene rings is 3. The molecule has 2 fully saturated rings. The summed E-state index contributed by atoms with van der Waals surface area (Å²) < 4.78 is 0. The number of non-ortho nitro benzene ring substituents is 1. The Labute approximate surface area is 238 Å². The van der Waals surface area contributed by atoms with E-state index in [1.165, 1.54) is 25.1 Å². The van der Waals surface area contributed by atoms with Crippen LogP contribution in [-0.4, -0.2) is 39.6 Å². The number of nitrogens with zero attached hydrogens (tertiary/aromatic N) is 2. The summed E-state index contributed by atoms with van der Waals surface area (Å²) in [4.78, 5) is 69.1. The van der Waals surface area contributed by atoms with Gasteiger partial charge in [-0.2, -0.15) is 0 Å². The number of hydrogen-bond donors (Lipinski definition) is 4. The Hall–Kier alpha value is -5.36. The zero-order valence-electron chi connectivity index (χ0n) is 22.2. The van der Waals surface area contributed by atoms with Crippen molar-refractivity contribution in [2.45, 2.75) is 24.9 Å². The molecule has 1 spiro atoms. The van der Waals surface area contributed by atoms with E-state index in [9.17, 15) is 29.3 Å². The third-order valence-electron chi connectivity index (χ3n) is 8.47. The molecule has 4 atom stereocenters. The standard InChI is InChI=1S/C30H24N6O6/c1-15(37)32-17-6-8-18(9-7-17)35-27(38)25-24(12-16-14-31-22-5-3-2-4-20(16)22)34-30(26(25)28(35)39)21-13-19(36(41)42)10-11-23(21)33-29(30)40/h2-11,13-14,24-26,31,34H,12H2,1H3,(H,32,37)(H,33,40)/t24-,25+,26+,30-/m1/s1. The number of nitro benzene ring substituents is 1. The van der Waals surface area contributed by atoms with E-state index in [2.05, 4.69) is 20.9 Å². The van der Waals surface area contributed by atoms with Crippen molar-refractivity contribution in [2.75, 3.05) is 15.5 Å². The third kappa shape index (κ3) is 3.58. The van der Waals surface area contributed by atoms with Crippen LogP contribution in [0.3, 0.4) is 0 Å². The van der Waals surface area contributed by atoms with Crippen molar-refractivity contribution in [1.82, 2.24) is 10.3 Å². The number of aromatic amines is 1. The van der Waals surface area contributed by atoms with Crippen molar-refractivity contribution < 1.29 is 24.1 Å². The number of aromatic nitrogens is 1. The van der Waals surface area contributed by atoms with Gasteiger partial charge in [0.2, 0.25) is 23.6 Å². The van der Waals surface area contributed by atoms with Crippen LogP contribution in [0.15, 0.2) is 72.9 Å². The molecule has 12 nitrogen and oxygen atoms in total. The summed E-state index contributed by atoms with van der Waals surface area (Å²) in [6.45, 7) is 1.37. The largest absolute Gasteiger partial charge is 0.361 e. The summed E-state index contributed by atoms with van der Waals surface area (Å²) in [5.41, 5.74) is 1.29. The molecule has 1 aromatic heterocycles. The Balaban J connectivity index is 1.35. The molecular weight excluding hydrogens is 540 g/mol. The summed E-state index contributed by atoms with van der Waals surface area (Å²) in [5, 5.41) is 21.4. The van der Waals surface area contributed by atoms with E-state index in [4.69, 9.17) is 0 Å². The molecule has 0 bridgehead atoms. The normalized spacial score (nSPS) is 24.3. The molecule has 2 saturated heterocycles. The highest BCUT2D eigenvalue weighted by Crippen LogP contribution is 2.54. The molecule has 42 heavy (non-hydrogen) atoms. The Morgan fingerprint density at radius 1 is 1.05 bits per heavy atom. The van der Waals surface area contributed by atoms with Crippen molar-refractivity contribution in [3.8, 4) is 0 Å². The molecule has 0 aliphatic carbocycles. The van der Waals surface area contributed by atoms with Crippen LogP contribution < -0.4 is 20.9 Å². The Morgan fingerprint density at radius 3 is 2.55 bits per heavy atom. The second-order valence-corrected chi connectivity index (χ2v) is 10.8. The first kappa shape index (κ1) is 25.6. The first-order valence-electron chi connectivity index (χ1n) is 13.4. The van der Waals surface area contributed by atoms with Gasteiger partial charge in [-0.3, -0.25) is 34.6 Å². The molecule has 0 radical (unpaired) electrons. The highest BCUT2D eigenvalue weighted by molar-refractivity contribution is 6.26. The van der Waals surface area contributed by atoms with Crippen LogP contribution in [0, 0.1) is 22.0 Å². The van der Waals surface area contributed by atoms with E-state index in [-0.39, 0.29) is 17.2 Å². The van der Waals surface area contributed by atoms with E-state index < -0.39 is 46.1 Å². The van der Waals surface area contributed by atoms with Crippen molar-refractivity contribution >= 4 is 57.3 Å². The lowest BCUT2D eigenvalue weighted by molar-refractivity contribution is -0.384. The zero-order valence-corrected chi connectivity index (χ0v) is 22.2. The van der Waals surface area contributed by atoms with E-state index in [0.717, 1.165) is 21.4 Å². The number of imide groups is 1. The van der Waals surface area contributed by atoms with Crippen LogP contribution in [0.5, 0.6) is 0 Å². The van der Waals surface area contributed by atoms with Gasteiger partial charge >= 0.3 is 0 Å². The van der Waals surface area contributed by atoms with Crippen LogP contribution in [0.25, 0.3) is 10.9 Å². The maximum absolute atomic E-state index is 14.2. The topological polar surface area (TPSA) is 167 Å². The van der Waals surface area contributed by atoms with E-state index in [1.54, 1.807) is 24.3 Å². The quantitative estimate of drug-likeness (QED) is 0.164. The number of para-hydroxylation sites is 1. The summed E-state index contributed by atoms with van der Waals surface area (Å²) in [6, 6.07) is 17.4. The minimum absolute atomic E-state index is 0.231. The monoisotopic (exact) mass is 564 g/mol. The van der Waals surface area contributed by atoms with Gasteiger partial charge in [0.15, 0.2) is 0 Å². The number of nitrogens with one attached hydrogen (secondary N) is 4. The number of nitro groups is 1. The first-order valence-corrected chi connectivity index (χ1v) is 13.4. The Morgan fingerprint density at radius 2 is 1.81 bits per heavy atom. The number of carbonyl (C=O) groups excluding carboxylic acids is 4. The highest BCUT2D eigenvalue weighted by atomic mass is 16.6. The minimum atomic E-state index is -1.69. The predicted octanol–water partition coefficient (Wildman–Crippen LogP) is 3.20. The van der Waals surface area contributed by atoms with Gasteiger partial charge in [-0.15, -0.1) is 0 Å². The first-order chi connectivity index (χ1) is 20.2. The van der Waals surface area contributed by atoms with Gasteiger partial charge in [0.1, 0.15) is 5.54 Å². The number of anilines is 3. The third-order valence-corrected chi connectivity index (χ3v) is 8.47. The van der Waals surface area contributed by atoms with E-state index >= 15 is 0 Å². The van der Waals surface area contributed by atoms with Gasteiger partial charge in [-0.25, -0.2) is 4.90 Å². The van der Waals surface area contributed by atoms with Crippen LogP contribution in [0.1, 0.15) is 18.1 Å². The predicted molar refractivity (Wildman–Crippen MR) is 153 cm³/mol. The molecule has 3 aromatic carbocycles. The highest BCUT2D eigenvalue weighted by Gasteiger charge is 2.70. The molecule has 210 valence electrons. The minimum Gasteiger partial charge on any atom is -0.361 e. The summed E-state index contributed by atoms with van der Waals surface area (Å²) in [5.74, 6) is -3.95. The van der Waals surface area contributed by atoms with Gasteiger partial charge < -0.3 is 15.6 Å². The van der Waals surface area contributed by atoms with E-state index in [0.29, 0.717) is 23.5 Å². The fourth-order valence-corrected chi connectivity index (χ4v) is 6.77. The van der Waals surface area contributed by atoms with E-state index in [1.807, 2.05) is 30.5 Å². The molecule has 0 saturated carbocycles. The second-order valence-electron chi connectivity index (χ2n) is 10.8. The molecule has 3 aliphatic heterocycles. The average molecular weight is 565 g/mol. The molecule has 4 amide bonds. The molecule has 4 N–H and O–H groups in total. The molecule has 12 heteroatoms. The maximum atomic E-state index is 14.2. The fraction of sp³-hybridized carbons (Fsp3) is 0.200. The lowest BCUT2D eigenvalue weighted by atomic mass is 9.76. The molecule has 4 heterocycles. The van der Waals surface area contributed by atoms with Gasteiger partial charge in [-0.05, 0) is 48.4 Å². The van der Waals surface area contributed by atoms with Crippen LogP contribution in [0.4, 0.5) is 22.7 Å². The Kier molecular flexibility index (Phi) is 5.53. The van der Waals surface area contributed by atoms with Gasteiger partial charge in [0.05, 0.1) is 22.4 Å². The SMILES string of the molecule is CC(=O)Nc1ccc(N2C(=O)[C@@H]3[C@@H](C2=O)[C@@]2(N[C@@H]3Cc3c[nH]c4ccccc34)C(=O)Nc3ccc([N+](=O)[O-])cc32)cc1. The molecular formula is C30H24N6O6. The lowest BCUT2D eigenvalue weighted by Gasteiger charge is -2.29. The lowest BCUT2D eigenvalue weighted by Crippen LogP contribution is -2.53.